The molecule has 1 N–H and O–H groups in total. The summed E-state index contributed by atoms with van der Waals surface area (Å²) in [7, 11) is 1.87. The molecule has 0 bridgehead atoms. The lowest BCUT2D eigenvalue weighted by Gasteiger charge is -2.32. The minimum atomic E-state index is 0.854. The molecule has 0 saturated carbocycles. The van der Waals surface area contributed by atoms with E-state index in [4.69, 9.17) is 0 Å². The van der Waals surface area contributed by atoms with Gasteiger partial charge in [-0.2, -0.15) is 0 Å². The second-order valence-corrected chi connectivity index (χ2v) is 6.58. The summed E-state index contributed by atoms with van der Waals surface area (Å²) < 4.78 is 0. The minimum absolute atomic E-state index is 0.854. The van der Waals surface area contributed by atoms with Gasteiger partial charge in [-0.3, -0.25) is 4.99 Å². The fourth-order valence-electron chi connectivity index (χ4n) is 2.35. The van der Waals surface area contributed by atoms with Crippen molar-refractivity contribution in [1.29, 1.82) is 0 Å². The zero-order valence-electron chi connectivity index (χ0n) is 12.1. The molecule has 1 aromatic rings. The highest BCUT2D eigenvalue weighted by atomic mass is 32.1. The predicted molar refractivity (Wildman–Crippen MR) is 81.9 cm³/mol. The largest absolute Gasteiger partial charge is 0.356 e. The van der Waals surface area contributed by atoms with Gasteiger partial charge in [0, 0.05) is 44.2 Å². The molecular formula is C14H24N4S. The van der Waals surface area contributed by atoms with Crippen LogP contribution in [0.5, 0.6) is 0 Å². The molecule has 1 aliphatic rings. The summed E-state index contributed by atoms with van der Waals surface area (Å²) in [6.45, 7) is 7.58. The Labute approximate surface area is 120 Å². The maximum absolute atomic E-state index is 4.39. The SMILES string of the molecule is CN=C(NCCc1ncc(C)s1)N1CCC(C)CC1. The standard InChI is InChI=1S/C14H24N4S/c1-11-5-8-18(9-6-11)14(15-3)16-7-4-13-17-10-12(2)19-13/h10-11H,4-9H2,1-3H3,(H,15,16). The minimum Gasteiger partial charge on any atom is -0.356 e. The number of piperidine rings is 1. The van der Waals surface area contributed by atoms with Gasteiger partial charge in [0.15, 0.2) is 5.96 Å². The van der Waals surface area contributed by atoms with E-state index in [1.54, 1.807) is 11.3 Å². The molecule has 19 heavy (non-hydrogen) atoms. The average Bonchev–Trinajstić information content (AvgIpc) is 2.82. The fraction of sp³-hybridized carbons (Fsp3) is 0.714. The number of aliphatic imine (C=N–C) groups is 1. The van der Waals surface area contributed by atoms with Crippen LogP contribution in [0.2, 0.25) is 0 Å². The Kier molecular flexibility index (Phi) is 5.19. The van der Waals surface area contributed by atoms with Crippen LogP contribution in [-0.4, -0.2) is 42.5 Å². The van der Waals surface area contributed by atoms with E-state index >= 15 is 0 Å². The molecule has 4 nitrogen and oxygen atoms in total. The third-order valence-corrected chi connectivity index (χ3v) is 4.56. The van der Waals surface area contributed by atoms with Crippen LogP contribution < -0.4 is 5.32 Å². The molecule has 0 unspecified atom stereocenters. The molecule has 1 aromatic heterocycles. The Morgan fingerprint density at radius 1 is 1.53 bits per heavy atom. The van der Waals surface area contributed by atoms with Crippen molar-refractivity contribution in [3.8, 4) is 0 Å². The second kappa shape index (κ2) is 6.89. The molecule has 0 radical (unpaired) electrons. The molecule has 1 saturated heterocycles. The van der Waals surface area contributed by atoms with E-state index in [2.05, 4.69) is 34.0 Å². The fourth-order valence-corrected chi connectivity index (χ4v) is 3.14. The van der Waals surface area contributed by atoms with E-state index in [9.17, 15) is 0 Å². The first-order valence-corrected chi connectivity index (χ1v) is 7.87. The van der Waals surface area contributed by atoms with Crippen LogP contribution >= 0.6 is 11.3 Å². The maximum Gasteiger partial charge on any atom is 0.193 e. The van der Waals surface area contributed by atoms with Crippen molar-refractivity contribution in [2.45, 2.75) is 33.1 Å². The maximum atomic E-state index is 4.39. The summed E-state index contributed by atoms with van der Waals surface area (Å²) in [5.41, 5.74) is 0. The van der Waals surface area contributed by atoms with Gasteiger partial charge in [0.1, 0.15) is 0 Å². The summed E-state index contributed by atoms with van der Waals surface area (Å²) in [5.74, 6) is 1.90. The van der Waals surface area contributed by atoms with Crippen LogP contribution in [0.1, 0.15) is 29.7 Å². The highest BCUT2D eigenvalue weighted by Crippen LogP contribution is 2.16. The van der Waals surface area contributed by atoms with Crippen LogP contribution in [0.4, 0.5) is 0 Å². The van der Waals surface area contributed by atoms with Gasteiger partial charge in [-0.25, -0.2) is 4.98 Å². The second-order valence-electron chi connectivity index (χ2n) is 5.26. The molecule has 2 heterocycles. The highest BCUT2D eigenvalue weighted by Gasteiger charge is 2.18. The topological polar surface area (TPSA) is 40.5 Å². The average molecular weight is 280 g/mol. The number of likely N-dealkylation sites (tertiary alicyclic amines) is 1. The van der Waals surface area contributed by atoms with Gasteiger partial charge >= 0.3 is 0 Å². The van der Waals surface area contributed by atoms with E-state index in [-0.39, 0.29) is 0 Å². The normalized spacial score (nSPS) is 17.8. The van der Waals surface area contributed by atoms with E-state index in [1.165, 1.54) is 22.7 Å². The highest BCUT2D eigenvalue weighted by molar-refractivity contribution is 7.11. The number of aryl methyl sites for hydroxylation is 1. The Morgan fingerprint density at radius 2 is 2.26 bits per heavy atom. The Bertz CT molecular complexity index is 419. The Balaban J connectivity index is 1.77. The molecule has 1 aliphatic heterocycles. The van der Waals surface area contributed by atoms with Crippen LogP contribution in [0.25, 0.3) is 0 Å². The summed E-state index contributed by atoms with van der Waals surface area (Å²) in [6.07, 6.45) is 5.46. The predicted octanol–water partition coefficient (Wildman–Crippen LogP) is 2.30. The molecule has 106 valence electrons. The third kappa shape index (κ3) is 4.20. The zero-order chi connectivity index (χ0) is 13.7. The lowest BCUT2D eigenvalue weighted by atomic mass is 10.00. The van der Waals surface area contributed by atoms with Crippen molar-refractivity contribution >= 4 is 17.3 Å². The lowest BCUT2D eigenvalue weighted by molar-refractivity contribution is 0.273. The number of rotatable bonds is 3. The number of nitrogens with one attached hydrogen (secondary N) is 1. The van der Waals surface area contributed by atoms with E-state index in [1.807, 2.05) is 13.2 Å². The van der Waals surface area contributed by atoms with E-state index in [0.29, 0.717) is 0 Å². The van der Waals surface area contributed by atoms with Gasteiger partial charge < -0.3 is 10.2 Å². The lowest BCUT2D eigenvalue weighted by Crippen LogP contribution is -2.45. The number of guanidine groups is 1. The van der Waals surface area contributed by atoms with Crippen LogP contribution in [-0.2, 0) is 6.42 Å². The van der Waals surface area contributed by atoms with Crippen LogP contribution in [0.3, 0.4) is 0 Å². The van der Waals surface area contributed by atoms with E-state index < -0.39 is 0 Å². The van der Waals surface area contributed by atoms with Gasteiger partial charge in [0.05, 0.1) is 5.01 Å². The van der Waals surface area contributed by atoms with Crippen molar-refractivity contribution in [3.63, 3.8) is 0 Å². The number of thiazole rings is 1. The van der Waals surface area contributed by atoms with Crippen molar-refractivity contribution < 1.29 is 0 Å². The van der Waals surface area contributed by atoms with Crippen LogP contribution in [0.15, 0.2) is 11.2 Å². The summed E-state index contributed by atoms with van der Waals surface area (Å²) >= 11 is 1.78. The van der Waals surface area contributed by atoms with Crippen molar-refractivity contribution in [3.05, 3.63) is 16.1 Å². The zero-order valence-corrected chi connectivity index (χ0v) is 13.0. The molecule has 0 spiro atoms. The summed E-state index contributed by atoms with van der Waals surface area (Å²) in [6, 6.07) is 0. The first kappa shape index (κ1) is 14.3. The third-order valence-electron chi connectivity index (χ3n) is 3.59. The summed E-state index contributed by atoms with van der Waals surface area (Å²) in [4.78, 5) is 12.4. The van der Waals surface area contributed by atoms with Gasteiger partial charge in [-0.15, -0.1) is 11.3 Å². The van der Waals surface area contributed by atoms with Crippen molar-refractivity contribution in [2.75, 3.05) is 26.7 Å². The molecule has 1 fully saturated rings. The summed E-state index contributed by atoms with van der Waals surface area (Å²) in [5, 5.41) is 4.66. The van der Waals surface area contributed by atoms with Crippen LogP contribution in [0, 0.1) is 12.8 Å². The monoisotopic (exact) mass is 280 g/mol. The Hall–Kier alpha value is -1.10. The first-order chi connectivity index (χ1) is 9.19. The number of hydrogen-bond acceptors (Lipinski definition) is 3. The van der Waals surface area contributed by atoms with Gasteiger partial charge in [0.25, 0.3) is 0 Å². The Morgan fingerprint density at radius 3 is 2.84 bits per heavy atom. The molecule has 5 heteroatoms. The van der Waals surface area contributed by atoms with Gasteiger partial charge in [-0.1, -0.05) is 6.92 Å². The molecule has 0 atom stereocenters. The first-order valence-electron chi connectivity index (χ1n) is 7.06. The van der Waals surface area contributed by atoms with E-state index in [0.717, 1.165) is 37.9 Å². The molecule has 0 amide bonds. The number of hydrogen-bond donors (Lipinski definition) is 1. The number of aromatic nitrogens is 1. The molecule has 0 aliphatic carbocycles. The molecule has 0 aromatic carbocycles. The van der Waals surface area contributed by atoms with Gasteiger partial charge in [-0.05, 0) is 25.7 Å². The molecule has 2 rings (SSSR count). The van der Waals surface area contributed by atoms with Crippen molar-refractivity contribution in [1.82, 2.24) is 15.2 Å². The van der Waals surface area contributed by atoms with Gasteiger partial charge in [0.2, 0.25) is 0 Å². The molecular weight excluding hydrogens is 256 g/mol. The number of nitrogens with zero attached hydrogens (tertiary/aromatic N) is 3. The smallest absolute Gasteiger partial charge is 0.193 e. The van der Waals surface area contributed by atoms with Crippen molar-refractivity contribution in [2.24, 2.45) is 10.9 Å². The quantitative estimate of drug-likeness (QED) is 0.682.